The number of carbonyl (C=O) groups is 2. The standard InChI is InChI=1S/C23H19N3O4S/c1-2-30-19(27)12-18-25-21(24-17-11-7-6-10-15(17)23(28)29)20-16(13-31-22(20)26-18)14-8-4-3-5-9-14/h3-11,13H,2,12H2,1H3,(H,28,29)(H,24,25,26). The molecule has 0 fully saturated rings. The second kappa shape index (κ2) is 8.93. The van der Waals surface area contributed by atoms with Gasteiger partial charge in [-0.3, -0.25) is 4.79 Å². The number of fused-ring (bicyclic) bond motifs is 1. The molecule has 2 aromatic carbocycles. The van der Waals surface area contributed by atoms with Crippen LogP contribution in [0.2, 0.25) is 0 Å². The highest BCUT2D eigenvalue weighted by Crippen LogP contribution is 2.38. The van der Waals surface area contributed by atoms with Crippen molar-refractivity contribution in [2.24, 2.45) is 0 Å². The molecule has 0 bridgehead atoms. The highest BCUT2D eigenvalue weighted by molar-refractivity contribution is 7.17. The fourth-order valence-electron chi connectivity index (χ4n) is 3.23. The molecule has 31 heavy (non-hydrogen) atoms. The maximum absolute atomic E-state index is 12.0. The third-order valence-electron chi connectivity index (χ3n) is 4.58. The van der Waals surface area contributed by atoms with Gasteiger partial charge in [0.05, 0.1) is 23.2 Å². The summed E-state index contributed by atoms with van der Waals surface area (Å²) < 4.78 is 5.03. The summed E-state index contributed by atoms with van der Waals surface area (Å²) in [7, 11) is 0. The largest absolute Gasteiger partial charge is 0.478 e. The summed E-state index contributed by atoms with van der Waals surface area (Å²) in [6.07, 6.45) is -0.0718. The van der Waals surface area contributed by atoms with Crippen molar-refractivity contribution in [2.45, 2.75) is 13.3 Å². The first kappa shape index (κ1) is 20.5. The second-order valence-corrected chi connectivity index (χ2v) is 7.50. The summed E-state index contributed by atoms with van der Waals surface area (Å²) in [5, 5.41) is 15.5. The van der Waals surface area contributed by atoms with Crippen LogP contribution in [-0.2, 0) is 16.0 Å². The van der Waals surface area contributed by atoms with Gasteiger partial charge in [0, 0.05) is 10.9 Å². The molecule has 2 aromatic heterocycles. The van der Waals surface area contributed by atoms with E-state index >= 15 is 0 Å². The summed E-state index contributed by atoms with van der Waals surface area (Å²) >= 11 is 1.44. The lowest BCUT2D eigenvalue weighted by Crippen LogP contribution is -2.11. The van der Waals surface area contributed by atoms with E-state index in [2.05, 4.69) is 15.3 Å². The summed E-state index contributed by atoms with van der Waals surface area (Å²) in [4.78, 5) is 33.5. The highest BCUT2D eigenvalue weighted by Gasteiger charge is 2.19. The Kier molecular flexibility index (Phi) is 5.90. The van der Waals surface area contributed by atoms with Gasteiger partial charge in [0.25, 0.3) is 0 Å². The van der Waals surface area contributed by atoms with E-state index in [1.807, 2.05) is 35.7 Å². The van der Waals surface area contributed by atoms with Crippen LogP contribution in [0.3, 0.4) is 0 Å². The Labute approximate surface area is 182 Å². The number of nitrogens with one attached hydrogen (secondary N) is 1. The number of para-hydroxylation sites is 1. The van der Waals surface area contributed by atoms with Crippen LogP contribution in [0, 0.1) is 0 Å². The van der Waals surface area contributed by atoms with Gasteiger partial charge >= 0.3 is 11.9 Å². The van der Waals surface area contributed by atoms with Crippen LogP contribution in [-0.4, -0.2) is 33.6 Å². The molecule has 8 heteroatoms. The monoisotopic (exact) mass is 433 g/mol. The van der Waals surface area contributed by atoms with Crippen molar-refractivity contribution in [3.05, 3.63) is 71.4 Å². The Morgan fingerprint density at radius 3 is 2.55 bits per heavy atom. The number of hydrogen-bond acceptors (Lipinski definition) is 7. The third-order valence-corrected chi connectivity index (χ3v) is 5.46. The van der Waals surface area contributed by atoms with Crippen LogP contribution in [0.5, 0.6) is 0 Å². The highest BCUT2D eigenvalue weighted by atomic mass is 32.1. The average molecular weight is 433 g/mol. The number of carboxylic acid groups (broad SMARTS) is 1. The van der Waals surface area contributed by atoms with Gasteiger partial charge in [0.2, 0.25) is 0 Å². The molecular formula is C23H19N3O4S. The third kappa shape index (κ3) is 4.39. The molecule has 0 saturated carbocycles. The van der Waals surface area contributed by atoms with Gasteiger partial charge in [-0.05, 0) is 24.6 Å². The number of hydrogen-bond donors (Lipinski definition) is 2. The molecule has 156 valence electrons. The van der Waals surface area contributed by atoms with Crippen molar-refractivity contribution in [1.82, 2.24) is 9.97 Å². The molecule has 7 nitrogen and oxygen atoms in total. The lowest BCUT2D eigenvalue weighted by atomic mass is 10.1. The van der Waals surface area contributed by atoms with E-state index in [0.29, 0.717) is 22.2 Å². The Hall–Kier alpha value is -3.78. The van der Waals surface area contributed by atoms with Crippen molar-refractivity contribution in [3.8, 4) is 11.1 Å². The normalized spacial score (nSPS) is 10.7. The van der Waals surface area contributed by atoms with Crippen LogP contribution in [0.1, 0.15) is 23.1 Å². The van der Waals surface area contributed by atoms with Crippen LogP contribution in [0.4, 0.5) is 11.5 Å². The first-order valence-electron chi connectivity index (χ1n) is 9.65. The van der Waals surface area contributed by atoms with E-state index in [0.717, 1.165) is 16.5 Å². The van der Waals surface area contributed by atoms with Gasteiger partial charge in [-0.25, -0.2) is 14.8 Å². The van der Waals surface area contributed by atoms with E-state index in [9.17, 15) is 14.7 Å². The molecule has 0 atom stereocenters. The van der Waals surface area contributed by atoms with Gasteiger partial charge < -0.3 is 15.2 Å². The molecule has 0 radical (unpaired) electrons. The van der Waals surface area contributed by atoms with Crippen molar-refractivity contribution >= 4 is 45.0 Å². The van der Waals surface area contributed by atoms with E-state index in [-0.39, 0.29) is 18.6 Å². The molecule has 0 saturated heterocycles. The summed E-state index contributed by atoms with van der Waals surface area (Å²) in [5.74, 6) is -0.715. The SMILES string of the molecule is CCOC(=O)Cc1nc(Nc2ccccc2C(=O)O)c2c(-c3ccccc3)csc2n1. The summed E-state index contributed by atoms with van der Waals surface area (Å²) in [6, 6.07) is 16.4. The van der Waals surface area contributed by atoms with Crippen LogP contribution in [0.25, 0.3) is 21.3 Å². The number of rotatable bonds is 7. The van der Waals surface area contributed by atoms with Gasteiger partial charge in [-0.1, -0.05) is 42.5 Å². The van der Waals surface area contributed by atoms with Crippen molar-refractivity contribution in [1.29, 1.82) is 0 Å². The Balaban J connectivity index is 1.86. The zero-order valence-corrected chi connectivity index (χ0v) is 17.5. The Morgan fingerprint density at radius 2 is 1.81 bits per heavy atom. The first-order chi connectivity index (χ1) is 15.1. The van der Waals surface area contributed by atoms with E-state index in [4.69, 9.17) is 4.74 Å². The second-order valence-electron chi connectivity index (χ2n) is 6.64. The molecule has 0 amide bonds. The van der Waals surface area contributed by atoms with Gasteiger partial charge in [0.15, 0.2) is 0 Å². The van der Waals surface area contributed by atoms with E-state index in [1.165, 1.54) is 17.4 Å². The maximum Gasteiger partial charge on any atom is 0.337 e. The van der Waals surface area contributed by atoms with Crippen molar-refractivity contribution in [2.75, 3.05) is 11.9 Å². The quantitative estimate of drug-likeness (QED) is 0.400. The number of esters is 1. The molecule has 4 rings (SSSR count). The molecular weight excluding hydrogens is 414 g/mol. The Bertz CT molecular complexity index is 1250. The minimum atomic E-state index is -1.05. The molecule has 4 aromatic rings. The van der Waals surface area contributed by atoms with Gasteiger partial charge in [-0.2, -0.15) is 0 Å². The van der Waals surface area contributed by atoms with Crippen LogP contribution >= 0.6 is 11.3 Å². The number of nitrogens with zero attached hydrogens (tertiary/aromatic N) is 2. The fourth-order valence-corrected chi connectivity index (χ4v) is 4.20. The Morgan fingerprint density at radius 1 is 1.06 bits per heavy atom. The van der Waals surface area contributed by atoms with Gasteiger partial charge in [-0.15, -0.1) is 11.3 Å². The number of carboxylic acids is 1. The number of benzene rings is 2. The fraction of sp³-hybridized carbons (Fsp3) is 0.130. The topological polar surface area (TPSA) is 101 Å². The number of anilines is 2. The van der Waals surface area contributed by atoms with E-state index < -0.39 is 11.9 Å². The lowest BCUT2D eigenvalue weighted by molar-refractivity contribution is -0.142. The number of aromatic nitrogens is 2. The number of carbonyl (C=O) groups excluding carboxylic acids is 1. The first-order valence-corrected chi connectivity index (χ1v) is 10.5. The zero-order chi connectivity index (χ0) is 21.8. The minimum absolute atomic E-state index is 0.0718. The van der Waals surface area contributed by atoms with E-state index in [1.54, 1.807) is 25.1 Å². The number of ether oxygens (including phenoxy) is 1. The smallest absolute Gasteiger partial charge is 0.337 e. The molecule has 0 aliphatic rings. The van der Waals surface area contributed by atoms with Crippen molar-refractivity contribution in [3.63, 3.8) is 0 Å². The summed E-state index contributed by atoms with van der Waals surface area (Å²) in [6.45, 7) is 2.01. The predicted octanol–water partition coefficient (Wildman–Crippen LogP) is 4.91. The molecule has 0 aliphatic carbocycles. The molecule has 0 aliphatic heterocycles. The van der Waals surface area contributed by atoms with Crippen molar-refractivity contribution < 1.29 is 19.4 Å². The summed E-state index contributed by atoms with van der Waals surface area (Å²) in [5.41, 5.74) is 2.45. The molecule has 0 unspecified atom stereocenters. The molecule has 0 spiro atoms. The predicted molar refractivity (Wildman–Crippen MR) is 120 cm³/mol. The minimum Gasteiger partial charge on any atom is -0.478 e. The number of thiophene rings is 1. The van der Waals surface area contributed by atoms with Gasteiger partial charge in [0.1, 0.15) is 22.9 Å². The van der Waals surface area contributed by atoms with Crippen LogP contribution in [0.15, 0.2) is 60.0 Å². The molecule has 2 heterocycles. The lowest BCUT2D eigenvalue weighted by Gasteiger charge is -2.12. The average Bonchev–Trinajstić information content (AvgIpc) is 3.19. The van der Waals surface area contributed by atoms with Crippen LogP contribution < -0.4 is 5.32 Å². The maximum atomic E-state index is 12.0. The number of aromatic carboxylic acids is 1. The molecule has 2 N–H and O–H groups in total. The zero-order valence-electron chi connectivity index (χ0n) is 16.7.